The van der Waals surface area contributed by atoms with Crippen LogP contribution >= 0.6 is 35.3 Å². The molecule has 0 atom stereocenters. The van der Waals surface area contributed by atoms with Gasteiger partial charge in [0.05, 0.1) is 22.4 Å². The standard InChI is InChI=1S/C21H23ClFN3O2S.ClH/c1-4-25(5-2)12-13-26(20(27)14-8-6-7-9-16(14)23)21-24-18-17(28-3)11-10-15(22)19(18)29-21;/h6-11H,4-5,12-13H2,1-3H3;1H. The van der Waals surface area contributed by atoms with Crippen LogP contribution in [0.4, 0.5) is 9.52 Å². The number of nitrogens with zero attached hydrogens (tertiary/aromatic N) is 3. The Morgan fingerprint density at radius 1 is 1.17 bits per heavy atom. The van der Waals surface area contributed by atoms with E-state index in [-0.39, 0.29) is 18.0 Å². The van der Waals surface area contributed by atoms with Gasteiger partial charge in [0.2, 0.25) is 0 Å². The van der Waals surface area contributed by atoms with E-state index < -0.39 is 11.7 Å². The maximum atomic E-state index is 14.3. The molecule has 3 rings (SSSR count). The quantitative estimate of drug-likeness (QED) is 0.434. The lowest BCUT2D eigenvalue weighted by atomic mass is 10.2. The van der Waals surface area contributed by atoms with Gasteiger partial charge >= 0.3 is 0 Å². The molecule has 162 valence electrons. The Morgan fingerprint density at radius 3 is 2.50 bits per heavy atom. The fourth-order valence-corrected chi connectivity index (χ4v) is 4.35. The van der Waals surface area contributed by atoms with Crippen molar-refractivity contribution in [1.29, 1.82) is 0 Å². The number of ether oxygens (including phenoxy) is 1. The van der Waals surface area contributed by atoms with Crippen LogP contribution < -0.4 is 9.64 Å². The minimum absolute atomic E-state index is 0. The lowest BCUT2D eigenvalue weighted by Gasteiger charge is -2.24. The van der Waals surface area contributed by atoms with Crippen molar-refractivity contribution in [3.63, 3.8) is 0 Å². The highest BCUT2D eigenvalue weighted by Crippen LogP contribution is 2.39. The number of methoxy groups -OCH3 is 1. The van der Waals surface area contributed by atoms with Gasteiger partial charge in [-0.2, -0.15) is 0 Å². The van der Waals surface area contributed by atoms with Gasteiger partial charge in [0.1, 0.15) is 17.1 Å². The molecule has 0 saturated carbocycles. The summed E-state index contributed by atoms with van der Waals surface area (Å²) in [7, 11) is 1.56. The average molecular weight is 472 g/mol. The minimum atomic E-state index is -0.554. The predicted molar refractivity (Wildman–Crippen MR) is 124 cm³/mol. The number of fused-ring (bicyclic) bond motifs is 1. The lowest BCUT2D eigenvalue weighted by molar-refractivity contribution is 0.0980. The molecule has 0 aliphatic carbocycles. The smallest absolute Gasteiger partial charge is 0.263 e. The molecule has 0 saturated heterocycles. The topological polar surface area (TPSA) is 45.7 Å². The van der Waals surface area contributed by atoms with Gasteiger partial charge < -0.3 is 9.64 Å². The van der Waals surface area contributed by atoms with Crippen molar-refractivity contribution in [2.75, 3.05) is 38.2 Å². The Morgan fingerprint density at radius 2 is 1.87 bits per heavy atom. The molecule has 5 nitrogen and oxygen atoms in total. The molecule has 1 amide bonds. The van der Waals surface area contributed by atoms with Gasteiger partial charge in [-0.1, -0.05) is 48.9 Å². The van der Waals surface area contributed by atoms with Crippen molar-refractivity contribution in [2.45, 2.75) is 13.8 Å². The van der Waals surface area contributed by atoms with Crippen molar-refractivity contribution in [3.8, 4) is 5.75 Å². The number of hydrogen-bond donors (Lipinski definition) is 0. The molecule has 1 heterocycles. The third-order valence-corrected chi connectivity index (χ3v) is 6.32. The minimum Gasteiger partial charge on any atom is -0.494 e. The highest BCUT2D eigenvalue weighted by atomic mass is 35.5. The summed E-state index contributed by atoms with van der Waals surface area (Å²) in [5, 5.41) is 0.999. The molecule has 0 aliphatic rings. The number of amides is 1. The van der Waals surface area contributed by atoms with Gasteiger partial charge in [-0.25, -0.2) is 9.37 Å². The molecule has 9 heteroatoms. The van der Waals surface area contributed by atoms with Crippen LogP contribution in [-0.2, 0) is 0 Å². The Hall–Kier alpha value is -1.93. The first-order valence-corrected chi connectivity index (χ1v) is 10.6. The van der Waals surface area contributed by atoms with Crippen LogP contribution in [0.1, 0.15) is 24.2 Å². The maximum absolute atomic E-state index is 14.3. The van der Waals surface area contributed by atoms with E-state index in [9.17, 15) is 9.18 Å². The summed E-state index contributed by atoms with van der Waals surface area (Å²) in [4.78, 5) is 21.6. The van der Waals surface area contributed by atoms with Crippen molar-refractivity contribution < 1.29 is 13.9 Å². The molecule has 30 heavy (non-hydrogen) atoms. The van der Waals surface area contributed by atoms with Gasteiger partial charge in [-0.15, -0.1) is 12.4 Å². The Bertz CT molecular complexity index is 1010. The number of anilines is 1. The summed E-state index contributed by atoms with van der Waals surface area (Å²) in [5.74, 6) is -0.402. The van der Waals surface area contributed by atoms with Crippen molar-refractivity contribution in [1.82, 2.24) is 9.88 Å². The van der Waals surface area contributed by atoms with Gasteiger partial charge in [0.15, 0.2) is 5.13 Å². The third kappa shape index (κ3) is 5.03. The number of carbonyl (C=O) groups excluding carboxylic acids is 1. The van der Waals surface area contributed by atoms with Gasteiger partial charge in [0, 0.05) is 13.1 Å². The molecule has 0 aliphatic heterocycles. The van der Waals surface area contributed by atoms with Crippen LogP contribution in [0.3, 0.4) is 0 Å². The first-order chi connectivity index (χ1) is 14.0. The van der Waals surface area contributed by atoms with Crippen molar-refractivity contribution in [2.24, 2.45) is 0 Å². The highest BCUT2D eigenvalue weighted by molar-refractivity contribution is 7.23. The van der Waals surface area contributed by atoms with E-state index in [1.807, 2.05) is 0 Å². The van der Waals surface area contributed by atoms with Gasteiger partial charge in [-0.05, 0) is 37.4 Å². The zero-order valence-electron chi connectivity index (χ0n) is 17.0. The average Bonchev–Trinajstić information content (AvgIpc) is 3.17. The number of likely N-dealkylation sites (N-methyl/N-ethyl adjacent to an activating group) is 1. The van der Waals surface area contributed by atoms with E-state index >= 15 is 0 Å². The van der Waals surface area contributed by atoms with Crippen LogP contribution in [0.5, 0.6) is 5.75 Å². The first kappa shape index (κ1) is 24.3. The van der Waals surface area contributed by atoms with Crippen LogP contribution in [0.2, 0.25) is 5.02 Å². The van der Waals surface area contributed by atoms with Gasteiger partial charge in [-0.3, -0.25) is 9.69 Å². The number of halogens is 3. The lowest BCUT2D eigenvalue weighted by Crippen LogP contribution is -2.39. The molecule has 2 aromatic carbocycles. The van der Waals surface area contributed by atoms with Crippen LogP contribution in [0.15, 0.2) is 36.4 Å². The molecule has 3 aromatic rings. The van der Waals surface area contributed by atoms with Gasteiger partial charge in [0.25, 0.3) is 5.91 Å². The van der Waals surface area contributed by atoms with E-state index in [0.29, 0.717) is 34.5 Å². The SMILES string of the molecule is CCN(CC)CCN(C(=O)c1ccccc1F)c1nc2c(OC)ccc(Cl)c2s1.Cl. The monoisotopic (exact) mass is 471 g/mol. The van der Waals surface area contributed by atoms with E-state index in [2.05, 4.69) is 23.7 Å². The number of carbonyl (C=O) groups is 1. The second-order valence-corrected chi connectivity index (χ2v) is 7.77. The Balaban J connectivity index is 0.00000320. The molecule has 0 unspecified atom stereocenters. The Kier molecular flexibility index (Phi) is 8.85. The summed E-state index contributed by atoms with van der Waals surface area (Å²) in [5.41, 5.74) is 0.610. The summed E-state index contributed by atoms with van der Waals surface area (Å²) >= 11 is 7.64. The van der Waals surface area contributed by atoms with E-state index in [1.54, 1.807) is 31.4 Å². The molecular formula is C21H24Cl2FN3O2S. The number of hydrogen-bond acceptors (Lipinski definition) is 5. The van der Waals surface area contributed by atoms with Crippen LogP contribution in [0.25, 0.3) is 10.2 Å². The summed E-state index contributed by atoms with van der Waals surface area (Å²) < 4.78 is 20.4. The third-order valence-electron chi connectivity index (χ3n) is 4.78. The molecule has 0 N–H and O–H groups in total. The second kappa shape index (κ2) is 10.9. The van der Waals surface area contributed by atoms with Crippen LogP contribution in [-0.4, -0.2) is 49.1 Å². The van der Waals surface area contributed by atoms with E-state index in [0.717, 1.165) is 17.8 Å². The highest BCUT2D eigenvalue weighted by Gasteiger charge is 2.25. The predicted octanol–water partition coefficient (Wildman–Crippen LogP) is 5.51. The Labute approximate surface area is 190 Å². The normalized spacial score (nSPS) is 10.9. The summed E-state index contributed by atoms with van der Waals surface area (Å²) in [6, 6.07) is 9.47. The fourth-order valence-electron chi connectivity index (χ4n) is 3.07. The molecule has 1 aromatic heterocycles. The number of rotatable bonds is 8. The number of thiazole rings is 1. The fraction of sp³-hybridized carbons (Fsp3) is 0.333. The largest absolute Gasteiger partial charge is 0.494 e. The molecule has 0 fully saturated rings. The van der Waals surface area contributed by atoms with Crippen molar-refractivity contribution in [3.05, 3.63) is 52.8 Å². The second-order valence-electron chi connectivity index (χ2n) is 6.39. The maximum Gasteiger partial charge on any atom is 0.263 e. The molecule has 0 spiro atoms. The molecule has 0 radical (unpaired) electrons. The zero-order valence-corrected chi connectivity index (χ0v) is 19.4. The first-order valence-electron chi connectivity index (χ1n) is 9.41. The van der Waals surface area contributed by atoms with E-state index in [4.69, 9.17) is 16.3 Å². The molecular weight excluding hydrogens is 448 g/mol. The van der Waals surface area contributed by atoms with Crippen LogP contribution in [0, 0.1) is 5.82 Å². The van der Waals surface area contributed by atoms with Crippen molar-refractivity contribution >= 4 is 56.6 Å². The zero-order chi connectivity index (χ0) is 21.0. The summed E-state index contributed by atoms with van der Waals surface area (Å²) in [6.07, 6.45) is 0. The number of aromatic nitrogens is 1. The van der Waals surface area contributed by atoms with E-state index in [1.165, 1.54) is 28.4 Å². The molecule has 0 bridgehead atoms. The number of benzene rings is 2. The summed E-state index contributed by atoms with van der Waals surface area (Å²) in [6.45, 7) is 6.88.